The molecule has 2 N–H and O–H groups in total. The minimum absolute atomic E-state index is 0. The van der Waals surface area contributed by atoms with Crippen molar-refractivity contribution in [1.29, 1.82) is 0 Å². The third kappa shape index (κ3) is 54300. The van der Waals surface area contributed by atoms with Gasteiger partial charge in [0.1, 0.15) is 0 Å². The van der Waals surface area contributed by atoms with Gasteiger partial charge in [-0.2, -0.15) is 0 Å². The van der Waals surface area contributed by atoms with Crippen LogP contribution in [-0.2, 0) is 24.3 Å². The molecule has 0 aromatic carbocycles. The van der Waals surface area contributed by atoms with Gasteiger partial charge in [0.25, 0.3) is 5.97 Å². The molecule has 0 spiro atoms. The number of carboxylic acid groups (broad SMARTS) is 1. The van der Waals surface area contributed by atoms with Crippen LogP contribution in [0.25, 0.3) is 0 Å². The summed E-state index contributed by atoms with van der Waals surface area (Å²) in [5.41, 5.74) is 0. The van der Waals surface area contributed by atoms with Crippen LogP contribution in [0.15, 0.2) is 0 Å². The molecule has 0 aromatic heterocycles. The number of aliphatic hydroxyl groups is 1. The number of aliphatic hydroxyl groups excluding tert-OH is 1. The molecule has 0 aromatic rings. The van der Waals surface area contributed by atoms with E-state index in [1.807, 2.05) is 0 Å². The molecule has 0 aliphatic carbocycles. The van der Waals surface area contributed by atoms with Crippen LogP contribution >= 0.6 is 0 Å². The molecule has 0 rings (SSSR count). The summed E-state index contributed by atoms with van der Waals surface area (Å²) in [6.07, 6.45) is 0. The first kappa shape index (κ1) is 15.7. The molecule has 8 heavy (non-hydrogen) atoms. The summed E-state index contributed by atoms with van der Waals surface area (Å²) < 4.78 is 0. The molecular formula is C4H10O3Zn. The zero-order valence-electron chi connectivity index (χ0n) is 5.22. The zero-order chi connectivity index (χ0) is 6.28. The number of hydrogen-bond donors (Lipinski definition) is 2. The predicted molar refractivity (Wildman–Crippen MR) is 26.1 cm³/mol. The van der Waals surface area contributed by atoms with Crippen LogP contribution in [0.5, 0.6) is 0 Å². The van der Waals surface area contributed by atoms with E-state index >= 15 is 0 Å². The third-order valence-electron chi connectivity index (χ3n) is 0. The number of carboxylic acids is 1. The summed E-state index contributed by atoms with van der Waals surface area (Å²) in [5.74, 6) is -0.833. The van der Waals surface area contributed by atoms with Crippen molar-refractivity contribution in [3.63, 3.8) is 0 Å². The molecule has 4 heteroatoms. The maximum atomic E-state index is 9.00. The summed E-state index contributed by atoms with van der Waals surface area (Å²) in [6, 6.07) is 0. The monoisotopic (exact) mass is 170 g/mol. The molecule has 0 bridgehead atoms. The van der Waals surface area contributed by atoms with Crippen LogP contribution in [0.3, 0.4) is 0 Å². The smallest absolute Gasteiger partial charge is 0.300 e. The van der Waals surface area contributed by atoms with Crippen LogP contribution in [0.1, 0.15) is 13.8 Å². The van der Waals surface area contributed by atoms with Crippen LogP contribution in [0, 0.1) is 0 Å². The molecule has 0 amide bonds. The minimum Gasteiger partial charge on any atom is -0.481 e. The van der Waals surface area contributed by atoms with Crippen molar-refractivity contribution in [2.45, 2.75) is 13.8 Å². The Bertz CT molecular complexity index is 42.5. The number of hydrogen-bond acceptors (Lipinski definition) is 2. The summed E-state index contributed by atoms with van der Waals surface area (Å²) >= 11 is 0. The van der Waals surface area contributed by atoms with Gasteiger partial charge in [0.15, 0.2) is 0 Å². The van der Waals surface area contributed by atoms with E-state index in [-0.39, 0.29) is 26.1 Å². The van der Waals surface area contributed by atoms with Crippen molar-refractivity contribution in [2.75, 3.05) is 6.61 Å². The van der Waals surface area contributed by atoms with E-state index < -0.39 is 5.97 Å². The molecule has 0 atom stereocenters. The first-order valence-corrected chi connectivity index (χ1v) is 1.95. The quantitative estimate of drug-likeness (QED) is 0.508. The van der Waals surface area contributed by atoms with Gasteiger partial charge in [0.05, 0.1) is 0 Å². The predicted octanol–water partition coefficient (Wildman–Crippen LogP) is 0.0870. The van der Waals surface area contributed by atoms with E-state index in [4.69, 9.17) is 15.0 Å². The van der Waals surface area contributed by atoms with Crippen molar-refractivity contribution in [3.05, 3.63) is 0 Å². The summed E-state index contributed by atoms with van der Waals surface area (Å²) in [6.45, 7) is 3.01. The summed E-state index contributed by atoms with van der Waals surface area (Å²) in [7, 11) is 0. The molecule has 46 valence electrons. The Morgan fingerprint density at radius 1 is 1.62 bits per heavy atom. The second-order valence-corrected chi connectivity index (χ2v) is 0.835. The Balaban J connectivity index is -0.0000000575. The van der Waals surface area contributed by atoms with Gasteiger partial charge < -0.3 is 10.2 Å². The molecular weight excluding hydrogens is 161 g/mol. The molecule has 0 saturated heterocycles. The van der Waals surface area contributed by atoms with Gasteiger partial charge in [-0.25, -0.2) is 0 Å². The number of rotatable bonds is 0. The second kappa shape index (κ2) is 15.7. The third-order valence-corrected chi connectivity index (χ3v) is 0. The van der Waals surface area contributed by atoms with Crippen molar-refractivity contribution in [2.24, 2.45) is 0 Å². The maximum absolute atomic E-state index is 9.00. The van der Waals surface area contributed by atoms with Gasteiger partial charge in [0, 0.05) is 33.0 Å². The van der Waals surface area contributed by atoms with E-state index in [9.17, 15) is 0 Å². The van der Waals surface area contributed by atoms with E-state index in [1.54, 1.807) is 6.92 Å². The fourth-order valence-corrected chi connectivity index (χ4v) is 0. The Kier molecular flexibility index (Phi) is 30.9. The van der Waals surface area contributed by atoms with Crippen molar-refractivity contribution in [1.82, 2.24) is 0 Å². The topological polar surface area (TPSA) is 57.5 Å². The van der Waals surface area contributed by atoms with Gasteiger partial charge in [0.2, 0.25) is 0 Å². The van der Waals surface area contributed by atoms with Gasteiger partial charge in [-0.15, -0.1) is 0 Å². The van der Waals surface area contributed by atoms with Gasteiger partial charge in [-0.05, 0) is 6.92 Å². The summed E-state index contributed by atoms with van der Waals surface area (Å²) in [5, 5.41) is 15.0. The van der Waals surface area contributed by atoms with Gasteiger partial charge in [-0.1, -0.05) is 0 Å². The molecule has 0 aliphatic heterocycles. The zero-order valence-corrected chi connectivity index (χ0v) is 8.18. The fourth-order valence-electron chi connectivity index (χ4n) is 0. The van der Waals surface area contributed by atoms with E-state index in [0.717, 1.165) is 6.92 Å². The van der Waals surface area contributed by atoms with E-state index in [0.29, 0.717) is 0 Å². The Morgan fingerprint density at radius 3 is 1.62 bits per heavy atom. The minimum atomic E-state index is -0.833. The second-order valence-electron chi connectivity index (χ2n) is 0.835. The summed E-state index contributed by atoms with van der Waals surface area (Å²) in [4.78, 5) is 9.00. The largest absolute Gasteiger partial charge is 0.481 e. The first-order valence-electron chi connectivity index (χ1n) is 1.95. The number of carbonyl (C=O) groups is 1. The average Bonchev–Trinajstić information content (AvgIpc) is 1.33. The first-order chi connectivity index (χ1) is 3.15. The SMILES string of the molecule is CC(=O)O.CCO.[Zn]. The molecule has 0 fully saturated rings. The van der Waals surface area contributed by atoms with E-state index in [1.165, 1.54) is 0 Å². The van der Waals surface area contributed by atoms with Gasteiger partial charge >= 0.3 is 0 Å². The molecule has 0 aliphatic rings. The average molecular weight is 172 g/mol. The van der Waals surface area contributed by atoms with Crippen LogP contribution in [0.2, 0.25) is 0 Å². The van der Waals surface area contributed by atoms with Crippen LogP contribution < -0.4 is 0 Å². The van der Waals surface area contributed by atoms with Crippen LogP contribution in [0.4, 0.5) is 0 Å². The van der Waals surface area contributed by atoms with Crippen molar-refractivity contribution < 1.29 is 34.5 Å². The Morgan fingerprint density at radius 2 is 1.62 bits per heavy atom. The molecule has 0 unspecified atom stereocenters. The standard InChI is InChI=1S/C2H4O2.C2H6O.Zn/c1-2(3)4;1-2-3;/h1H3,(H,3,4);3H,2H2,1H3;. The molecule has 0 saturated carbocycles. The normalized spacial score (nSPS) is 5.38. The molecule has 0 radical (unpaired) electrons. The van der Waals surface area contributed by atoms with Gasteiger partial charge in [-0.3, -0.25) is 4.79 Å². The van der Waals surface area contributed by atoms with Crippen molar-refractivity contribution in [3.8, 4) is 0 Å². The van der Waals surface area contributed by atoms with Crippen LogP contribution in [-0.4, -0.2) is 22.8 Å². The molecule has 0 heterocycles. The van der Waals surface area contributed by atoms with Crippen molar-refractivity contribution >= 4 is 5.97 Å². The maximum Gasteiger partial charge on any atom is 0.300 e. The van der Waals surface area contributed by atoms with E-state index in [2.05, 4.69) is 0 Å². The molecule has 3 nitrogen and oxygen atoms in total. The fraction of sp³-hybridized carbons (Fsp3) is 0.750. The Labute approximate surface area is 61.5 Å². The Hall–Kier alpha value is 0.0534. The number of aliphatic carboxylic acids is 1.